The highest BCUT2D eigenvalue weighted by molar-refractivity contribution is 5.38. The van der Waals surface area contributed by atoms with Crippen LogP contribution in [0.25, 0.3) is 0 Å². The number of benzene rings is 1. The maximum Gasteiger partial charge on any atom is 0.573 e. The van der Waals surface area contributed by atoms with Gasteiger partial charge in [0.2, 0.25) is 0 Å². The van der Waals surface area contributed by atoms with Crippen LogP contribution in [0.3, 0.4) is 0 Å². The average molecular weight is 245 g/mol. The Labute approximate surface area is 99.6 Å². The summed E-state index contributed by atoms with van der Waals surface area (Å²) in [4.78, 5) is 0. The first-order valence-corrected chi connectivity index (χ1v) is 5.55. The van der Waals surface area contributed by atoms with Crippen molar-refractivity contribution in [1.29, 1.82) is 0 Å². The molecule has 0 saturated heterocycles. The molecular formula is C13H16F3O. The van der Waals surface area contributed by atoms with Gasteiger partial charge < -0.3 is 4.74 Å². The lowest BCUT2D eigenvalue weighted by Gasteiger charge is -2.15. The van der Waals surface area contributed by atoms with E-state index >= 15 is 0 Å². The van der Waals surface area contributed by atoms with Crippen LogP contribution in [0.4, 0.5) is 13.2 Å². The minimum absolute atomic E-state index is 0.0617. The van der Waals surface area contributed by atoms with Crippen LogP contribution in [-0.2, 0) is 6.42 Å². The quantitative estimate of drug-likeness (QED) is 0.760. The third-order valence-corrected chi connectivity index (χ3v) is 2.40. The Morgan fingerprint density at radius 3 is 2.47 bits per heavy atom. The zero-order valence-corrected chi connectivity index (χ0v) is 9.97. The van der Waals surface area contributed by atoms with Gasteiger partial charge in [0.1, 0.15) is 5.75 Å². The average Bonchev–Trinajstić information content (AvgIpc) is 2.18. The summed E-state index contributed by atoms with van der Waals surface area (Å²) in [7, 11) is 0. The molecule has 1 aromatic rings. The van der Waals surface area contributed by atoms with E-state index in [9.17, 15) is 13.2 Å². The molecule has 0 N–H and O–H groups in total. The van der Waals surface area contributed by atoms with E-state index in [2.05, 4.69) is 11.7 Å². The number of ether oxygens (including phenoxy) is 1. The lowest BCUT2D eigenvalue weighted by molar-refractivity contribution is -0.274. The summed E-state index contributed by atoms with van der Waals surface area (Å²) < 4.78 is 40.2. The fourth-order valence-corrected chi connectivity index (χ4v) is 1.73. The van der Waals surface area contributed by atoms with Crippen LogP contribution in [0.5, 0.6) is 5.75 Å². The fraction of sp³-hybridized carbons (Fsp3) is 0.462. The Morgan fingerprint density at radius 2 is 2.00 bits per heavy atom. The second kappa shape index (κ2) is 5.43. The van der Waals surface area contributed by atoms with Gasteiger partial charge in [-0.25, -0.2) is 0 Å². The van der Waals surface area contributed by atoms with E-state index in [0.29, 0.717) is 0 Å². The normalized spacial score (nSPS) is 11.9. The molecule has 0 spiro atoms. The number of alkyl halides is 3. The van der Waals surface area contributed by atoms with Gasteiger partial charge in [0.05, 0.1) is 0 Å². The third-order valence-electron chi connectivity index (χ3n) is 2.40. The van der Waals surface area contributed by atoms with E-state index in [1.807, 2.05) is 13.8 Å². The molecule has 0 aliphatic rings. The van der Waals surface area contributed by atoms with E-state index in [4.69, 9.17) is 0 Å². The van der Waals surface area contributed by atoms with Crippen LogP contribution in [0, 0.1) is 6.92 Å². The monoisotopic (exact) mass is 245 g/mol. The van der Waals surface area contributed by atoms with E-state index in [0.717, 1.165) is 24.0 Å². The highest BCUT2D eigenvalue weighted by atomic mass is 19.4. The zero-order valence-electron chi connectivity index (χ0n) is 9.97. The van der Waals surface area contributed by atoms with Crippen molar-refractivity contribution in [2.75, 3.05) is 0 Å². The predicted octanol–water partition coefficient (Wildman–Crippen LogP) is 4.48. The lowest BCUT2D eigenvalue weighted by Crippen LogP contribution is -2.17. The van der Waals surface area contributed by atoms with Crippen LogP contribution < -0.4 is 4.74 Å². The topological polar surface area (TPSA) is 9.23 Å². The number of hydrogen-bond donors (Lipinski definition) is 0. The summed E-state index contributed by atoms with van der Waals surface area (Å²) in [5.41, 5.74) is 1.85. The van der Waals surface area contributed by atoms with Gasteiger partial charge in [-0.1, -0.05) is 26.3 Å². The molecule has 4 heteroatoms. The van der Waals surface area contributed by atoms with E-state index in [1.165, 1.54) is 12.1 Å². The number of aryl methyl sites for hydroxylation is 1. The molecular weight excluding hydrogens is 229 g/mol. The van der Waals surface area contributed by atoms with Gasteiger partial charge in [0, 0.05) is 0 Å². The molecule has 1 nitrogen and oxygen atoms in total. The zero-order chi connectivity index (χ0) is 13.1. The molecule has 0 fully saturated rings. The van der Waals surface area contributed by atoms with Crippen molar-refractivity contribution in [3.05, 3.63) is 36.2 Å². The summed E-state index contributed by atoms with van der Waals surface area (Å²) in [5.74, 6) is -0.240. The fourth-order valence-electron chi connectivity index (χ4n) is 1.73. The Kier molecular flexibility index (Phi) is 4.43. The Balaban J connectivity index is 3.01. The summed E-state index contributed by atoms with van der Waals surface area (Å²) in [6, 6.07) is 4.46. The summed E-state index contributed by atoms with van der Waals surface area (Å²) in [6.45, 7) is 7.73. The summed E-state index contributed by atoms with van der Waals surface area (Å²) in [5, 5.41) is 0. The standard InChI is InChI=1S/C13H16F3O/c1-4-5-10-6-7-11(17-13(14,15)16)8-12(10)9(2)3/h6-9H,2,4-5H2,1,3H3. The molecule has 17 heavy (non-hydrogen) atoms. The molecule has 0 aliphatic heterocycles. The second-order valence-corrected chi connectivity index (χ2v) is 4.06. The SMILES string of the molecule is [CH2]C(C)c1cc(OC(F)(F)F)ccc1CCC. The Bertz CT molecular complexity index is 369. The first-order chi connectivity index (χ1) is 7.83. The highest BCUT2D eigenvalue weighted by Crippen LogP contribution is 2.29. The van der Waals surface area contributed by atoms with Gasteiger partial charge in [-0.15, -0.1) is 13.2 Å². The smallest absolute Gasteiger partial charge is 0.406 e. The Hall–Kier alpha value is -1.19. The van der Waals surface area contributed by atoms with Crippen LogP contribution in [0.1, 0.15) is 37.3 Å². The van der Waals surface area contributed by atoms with Crippen LogP contribution >= 0.6 is 0 Å². The number of hydrogen-bond acceptors (Lipinski definition) is 1. The van der Waals surface area contributed by atoms with E-state index in [-0.39, 0.29) is 11.7 Å². The second-order valence-electron chi connectivity index (χ2n) is 4.06. The van der Waals surface area contributed by atoms with Crippen LogP contribution in [0.2, 0.25) is 0 Å². The molecule has 1 rings (SSSR count). The van der Waals surface area contributed by atoms with Gasteiger partial charge in [-0.2, -0.15) is 0 Å². The van der Waals surface area contributed by atoms with Crippen molar-refractivity contribution in [1.82, 2.24) is 0 Å². The molecule has 0 bridgehead atoms. The van der Waals surface area contributed by atoms with Crippen molar-refractivity contribution in [3.63, 3.8) is 0 Å². The molecule has 1 radical (unpaired) electrons. The largest absolute Gasteiger partial charge is 0.573 e. The molecule has 0 saturated carbocycles. The van der Waals surface area contributed by atoms with E-state index in [1.54, 1.807) is 6.07 Å². The summed E-state index contributed by atoms with van der Waals surface area (Å²) >= 11 is 0. The molecule has 0 aliphatic carbocycles. The van der Waals surface area contributed by atoms with Crippen molar-refractivity contribution >= 4 is 0 Å². The maximum atomic E-state index is 12.1. The summed E-state index contributed by atoms with van der Waals surface area (Å²) in [6.07, 6.45) is -2.87. The molecule has 1 aromatic carbocycles. The minimum atomic E-state index is -4.64. The first kappa shape index (κ1) is 13.9. The van der Waals surface area contributed by atoms with Gasteiger partial charge in [0.15, 0.2) is 0 Å². The van der Waals surface area contributed by atoms with Gasteiger partial charge in [0.25, 0.3) is 0 Å². The van der Waals surface area contributed by atoms with Gasteiger partial charge in [-0.05, 0) is 42.5 Å². The van der Waals surface area contributed by atoms with Crippen molar-refractivity contribution < 1.29 is 17.9 Å². The lowest BCUT2D eigenvalue weighted by atomic mass is 9.94. The number of rotatable bonds is 4. The Morgan fingerprint density at radius 1 is 1.35 bits per heavy atom. The van der Waals surface area contributed by atoms with Crippen LogP contribution in [0.15, 0.2) is 18.2 Å². The van der Waals surface area contributed by atoms with Gasteiger partial charge in [-0.3, -0.25) is 0 Å². The molecule has 1 unspecified atom stereocenters. The molecule has 95 valence electrons. The number of halogens is 3. The first-order valence-electron chi connectivity index (χ1n) is 5.55. The maximum absolute atomic E-state index is 12.1. The van der Waals surface area contributed by atoms with E-state index < -0.39 is 6.36 Å². The molecule has 0 amide bonds. The third kappa shape index (κ3) is 4.29. The van der Waals surface area contributed by atoms with Crippen molar-refractivity contribution in [3.8, 4) is 5.75 Å². The highest BCUT2D eigenvalue weighted by Gasteiger charge is 2.31. The minimum Gasteiger partial charge on any atom is -0.406 e. The van der Waals surface area contributed by atoms with Crippen molar-refractivity contribution in [2.45, 2.75) is 39.0 Å². The molecule has 0 aromatic heterocycles. The predicted molar refractivity (Wildman–Crippen MR) is 60.9 cm³/mol. The van der Waals surface area contributed by atoms with Crippen molar-refractivity contribution in [2.24, 2.45) is 0 Å². The molecule has 1 atom stereocenters. The van der Waals surface area contributed by atoms with Gasteiger partial charge >= 0.3 is 6.36 Å². The van der Waals surface area contributed by atoms with Crippen LogP contribution in [-0.4, -0.2) is 6.36 Å². The molecule has 0 heterocycles.